The lowest BCUT2D eigenvalue weighted by molar-refractivity contribution is 1.51. The topological polar surface area (TPSA) is 0 Å². The molecule has 0 amide bonds. The lowest BCUT2D eigenvalue weighted by Crippen LogP contribution is -2.16. The second-order valence-electron chi connectivity index (χ2n) is 2.30. The van der Waals surface area contributed by atoms with Gasteiger partial charge in [-0.3, -0.25) is 0 Å². The van der Waals surface area contributed by atoms with Crippen molar-refractivity contribution in [2.45, 2.75) is 13.5 Å². The first-order chi connectivity index (χ1) is 5.16. The minimum atomic E-state index is 0.654. The first-order valence-electron chi connectivity index (χ1n) is 3.29. The van der Waals surface area contributed by atoms with E-state index >= 15 is 0 Å². The van der Waals surface area contributed by atoms with Crippen LogP contribution in [0.3, 0.4) is 0 Å². The molecule has 0 atom stereocenters. The number of hydrogen-bond donors (Lipinski definition) is 0. The van der Waals surface area contributed by atoms with Gasteiger partial charge in [0.1, 0.15) is 0 Å². The van der Waals surface area contributed by atoms with Crippen LogP contribution < -0.4 is 5.19 Å². The van der Waals surface area contributed by atoms with Crippen LogP contribution in [0.2, 0.25) is 16.6 Å². The van der Waals surface area contributed by atoms with Crippen LogP contribution in [0.1, 0.15) is 5.56 Å². The molecule has 0 aromatic heterocycles. The zero-order valence-electron chi connectivity index (χ0n) is 6.41. The number of benzene rings is 1. The number of aryl methyl sites for hydroxylation is 1. The summed E-state index contributed by atoms with van der Waals surface area (Å²) in [4.78, 5) is 0. The summed E-state index contributed by atoms with van der Waals surface area (Å²) in [5.74, 6) is 0. The molecule has 0 saturated carbocycles. The summed E-state index contributed by atoms with van der Waals surface area (Å²) in [6, 6.07) is 3.84. The normalized spacial score (nSPS) is 10.2. The van der Waals surface area contributed by atoms with Gasteiger partial charge in [-0.1, -0.05) is 41.4 Å². The molecule has 0 aliphatic rings. The molecule has 0 spiro atoms. The maximum absolute atomic E-state index is 5.97. The zero-order valence-corrected chi connectivity index (χ0v) is 8.92. The van der Waals surface area contributed by atoms with Gasteiger partial charge < -0.3 is 0 Å². The zero-order chi connectivity index (χ0) is 8.43. The van der Waals surface area contributed by atoms with Crippen molar-refractivity contribution >= 4 is 37.9 Å². The third-order valence-electron chi connectivity index (χ3n) is 1.55. The summed E-state index contributed by atoms with van der Waals surface area (Å²) < 4.78 is 0. The average Bonchev–Trinajstić information content (AvgIpc) is 1.99. The van der Waals surface area contributed by atoms with E-state index in [0.29, 0.717) is 19.6 Å². The van der Waals surface area contributed by atoms with E-state index in [1.807, 2.05) is 19.1 Å². The fourth-order valence-electron chi connectivity index (χ4n) is 0.954. The van der Waals surface area contributed by atoms with Crippen LogP contribution in [0.15, 0.2) is 12.1 Å². The number of halogens is 2. The van der Waals surface area contributed by atoms with Crippen LogP contribution in [0, 0.1) is 6.92 Å². The van der Waals surface area contributed by atoms with Gasteiger partial charge in [-0.25, -0.2) is 0 Å². The molecule has 0 aliphatic carbocycles. The molecule has 0 saturated heterocycles. The Balaban J connectivity index is 3.29. The summed E-state index contributed by atoms with van der Waals surface area (Å²) in [5, 5.41) is 2.55. The van der Waals surface area contributed by atoms with Crippen LogP contribution in [0.5, 0.6) is 0 Å². The van der Waals surface area contributed by atoms with E-state index in [0.717, 1.165) is 0 Å². The molecular formula is C8H8Cl2Si. The average molecular weight is 203 g/mol. The molecule has 58 valence electrons. The van der Waals surface area contributed by atoms with Gasteiger partial charge in [0, 0.05) is 0 Å². The Bertz CT molecular complexity index is 271. The SMILES string of the molecule is C[Si]c1c(C)ccc(Cl)c1Cl. The summed E-state index contributed by atoms with van der Waals surface area (Å²) in [5.41, 5.74) is 1.22. The minimum Gasteiger partial charge on any atom is -0.0829 e. The van der Waals surface area contributed by atoms with E-state index in [1.165, 1.54) is 10.8 Å². The van der Waals surface area contributed by atoms with Crippen molar-refractivity contribution in [3.8, 4) is 0 Å². The van der Waals surface area contributed by atoms with E-state index < -0.39 is 0 Å². The fourth-order valence-corrected chi connectivity index (χ4v) is 2.52. The number of rotatable bonds is 1. The summed E-state index contributed by atoms with van der Waals surface area (Å²) >= 11 is 11.8. The summed E-state index contributed by atoms with van der Waals surface area (Å²) in [6.45, 7) is 4.15. The van der Waals surface area contributed by atoms with E-state index in [-0.39, 0.29) is 0 Å². The highest BCUT2D eigenvalue weighted by Gasteiger charge is 2.05. The smallest absolute Gasteiger partial charge is 0.0798 e. The van der Waals surface area contributed by atoms with Crippen LogP contribution >= 0.6 is 23.2 Å². The van der Waals surface area contributed by atoms with Crippen molar-refractivity contribution in [1.29, 1.82) is 0 Å². The van der Waals surface area contributed by atoms with Gasteiger partial charge in [-0.15, -0.1) is 0 Å². The Morgan fingerprint density at radius 1 is 1.27 bits per heavy atom. The fraction of sp³-hybridized carbons (Fsp3) is 0.250. The predicted molar refractivity (Wildman–Crippen MR) is 52.5 cm³/mol. The molecule has 1 aromatic rings. The monoisotopic (exact) mass is 202 g/mol. The Morgan fingerprint density at radius 3 is 2.36 bits per heavy atom. The summed E-state index contributed by atoms with van der Waals surface area (Å²) in [7, 11) is 0.708. The van der Waals surface area contributed by atoms with Crippen molar-refractivity contribution < 1.29 is 0 Å². The highest BCUT2D eigenvalue weighted by molar-refractivity contribution is 6.59. The largest absolute Gasteiger partial charge is 0.0829 e. The van der Waals surface area contributed by atoms with Crippen LogP contribution in [0.4, 0.5) is 0 Å². The van der Waals surface area contributed by atoms with E-state index in [1.54, 1.807) is 0 Å². The van der Waals surface area contributed by atoms with Gasteiger partial charge in [-0.2, -0.15) is 0 Å². The lowest BCUT2D eigenvalue weighted by atomic mass is 10.2. The van der Waals surface area contributed by atoms with Gasteiger partial charge in [0.05, 0.1) is 19.6 Å². The van der Waals surface area contributed by atoms with Crippen molar-refractivity contribution in [2.75, 3.05) is 0 Å². The Kier molecular flexibility index (Phi) is 2.99. The maximum atomic E-state index is 5.97. The molecule has 0 fully saturated rings. The third kappa shape index (κ3) is 1.78. The molecule has 0 N–H and O–H groups in total. The standard InChI is InChI=1S/C8H8Cl2Si/c1-5-3-4-6(9)7(10)8(5)11-2/h3-4H,1-2H3. The molecule has 11 heavy (non-hydrogen) atoms. The van der Waals surface area contributed by atoms with Gasteiger partial charge in [0.25, 0.3) is 0 Å². The molecule has 3 heteroatoms. The molecule has 0 heterocycles. The van der Waals surface area contributed by atoms with Gasteiger partial charge >= 0.3 is 0 Å². The molecular weight excluding hydrogens is 195 g/mol. The predicted octanol–water partition coefficient (Wildman–Crippen LogP) is 2.68. The van der Waals surface area contributed by atoms with Crippen molar-refractivity contribution in [2.24, 2.45) is 0 Å². The highest BCUT2D eigenvalue weighted by Crippen LogP contribution is 2.19. The van der Waals surface area contributed by atoms with Crippen molar-refractivity contribution in [3.63, 3.8) is 0 Å². The minimum absolute atomic E-state index is 0.654. The quantitative estimate of drug-likeness (QED) is 0.615. The van der Waals surface area contributed by atoms with E-state index in [4.69, 9.17) is 23.2 Å². The van der Waals surface area contributed by atoms with E-state index in [2.05, 4.69) is 6.55 Å². The third-order valence-corrected chi connectivity index (χ3v) is 3.66. The number of hydrogen-bond acceptors (Lipinski definition) is 0. The summed E-state index contributed by atoms with van der Waals surface area (Å²) in [6.07, 6.45) is 0. The Hall–Kier alpha value is 0.0169. The molecule has 1 aromatic carbocycles. The van der Waals surface area contributed by atoms with Crippen molar-refractivity contribution in [1.82, 2.24) is 0 Å². The second-order valence-corrected chi connectivity index (χ2v) is 4.09. The van der Waals surface area contributed by atoms with E-state index in [9.17, 15) is 0 Å². The van der Waals surface area contributed by atoms with Crippen LogP contribution in [-0.2, 0) is 0 Å². The Labute approximate surface area is 79.3 Å². The van der Waals surface area contributed by atoms with Gasteiger partial charge in [0.2, 0.25) is 0 Å². The molecule has 1 rings (SSSR count). The first-order valence-corrected chi connectivity index (χ1v) is 5.54. The van der Waals surface area contributed by atoms with Gasteiger partial charge in [0.15, 0.2) is 0 Å². The lowest BCUT2D eigenvalue weighted by Gasteiger charge is -2.05. The van der Waals surface area contributed by atoms with Gasteiger partial charge in [-0.05, 0) is 18.2 Å². The Morgan fingerprint density at radius 2 is 1.91 bits per heavy atom. The maximum Gasteiger partial charge on any atom is 0.0798 e. The van der Waals surface area contributed by atoms with Crippen molar-refractivity contribution in [3.05, 3.63) is 27.7 Å². The molecule has 0 nitrogen and oxygen atoms in total. The van der Waals surface area contributed by atoms with Crippen LogP contribution in [0.25, 0.3) is 0 Å². The molecule has 0 bridgehead atoms. The molecule has 2 radical (unpaired) electrons. The molecule has 0 unspecified atom stereocenters. The highest BCUT2D eigenvalue weighted by atomic mass is 35.5. The second kappa shape index (κ2) is 3.61. The van der Waals surface area contributed by atoms with Crippen LogP contribution in [-0.4, -0.2) is 9.52 Å². The molecule has 0 aliphatic heterocycles. The first kappa shape index (κ1) is 9.11.